The Morgan fingerprint density at radius 3 is 2.50 bits per heavy atom. The first-order valence-electron chi connectivity index (χ1n) is 6.58. The van der Waals surface area contributed by atoms with E-state index in [1.807, 2.05) is 48.7 Å². The van der Waals surface area contributed by atoms with Crippen molar-refractivity contribution in [2.75, 3.05) is 6.26 Å². The molecule has 0 spiro atoms. The van der Waals surface area contributed by atoms with Crippen molar-refractivity contribution in [1.82, 2.24) is 4.98 Å². The maximum Gasteiger partial charge on any atom is 0.337 e. The number of carboxylic acids is 1. The third-order valence-electron chi connectivity index (χ3n) is 3.39. The molecule has 3 rings (SSSR count). The molecular formula is C17H12BrNO2S. The van der Waals surface area contributed by atoms with E-state index in [4.69, 9.17) is 4.98 Å². The lowest BCUT2D eigenvalue weighted by Crippen LogP contribution is -2.04. The molecule has 0 aliphatic heterocycles. The van der Waals surface area contributed by atoms with E-state index in [2.05, 4.69) is 15.9 Å². The highest BCUT2D eigenvalue weighted by molar-refractivity contribution is 9.10. The Balaban J connectivity index is 2.47. The molecule has 0 saturated carbocycles. The number of hydrogen-bond acceptors (Lipinski definition) is 3. The summed E-state index contributed by atoms with van der Waals surface area (Å²) in [5.41, 5.74) is 2.58. The minimum atomic E-state index is -0.938. The molecule has 0 amide bonds. The third-order valence-corrected chi connectivity index (χ3v) is 4.83. The molecule has 1 N–H and O–H groups in total. The number of nitrogens with zero attached hydrogens (tertiary/aromatic N) is 1. The lowest BCUT2D eigenvalue weighted by Gasteiger charge is -2.14. The van der Waals surface area contributed by atoms with Crippen LogP contribution in [0, 0.1) is 0 Å². The van der Waals surface area contributed by atoms with Gasteiger partial charge in [0.2, 0.25) is 0 Å². The fraction of sp³-hybridized carbons (Fsp3) is 0.0588. The van der Waals surface area contributed by atoms with Gasteiger partial charge in [0.1, 0.15) is 0 Å². The molecule has 1 heterocycles. The first-order chi connectivity index (χ1) is 10.6. The number of benzene rings is 2. The number of halogens is 1. The van der Waals surface area contributed by atoms with Gasteiger partial charge in [-0.2, -0.15) is 0 Å². The van der Waals surface area contributed by atoms with E-state index < -0.39 is 5.97 Å². The molecule has 22 heavy (non-hydrogen) atoms. The van der Waals surface area contributed by atoms with E-state index in [0.717, 1.165) is 10.0 Å². The van der Waals surface area contributed by atoms with Crippen LogP contribution in [0.3, 0.4) is 0 Å². The Hall–Kier alpha value is -1.85. The second-order valence-corrected chi connectivity index (χ2v) is 6.35. The summed E-state index contributed by atoms with van der Waals surface area (Å²) in [6, 6.07) is 15.1. The van der Waals surface area contributed by atoms with E-state index in [1.54, 1.807) is 6.07 Å². The second kappa shape index (κ2) is 6.10. The van der Waals surface area contributed by atoms with Crippen LogP contribution in [-0.2, 0) is 0 Å². The van der Waals surface area contributed by atoms with Crippen molar-refractivity contribution >= 4 is 44.6 Å². The molecule has 0 atom stereocenters. The summed E-state index contributed by atoms with van der Waals surface area (Å²) in [7, 11) is 0. The molecule has 0 aliphatic rings. The number of aromatic nitrogens is 1. The summed E-state index contributed by atoms with van der Waals surface area (Å²) in [6.45, 7) is 0. The lowest BCUT2D eigenvalue weighted by atomic mass is 10.0. The predicted octanol–water partition coefficient (Wildman–Crippen LogP) is 5.08. The van der Waals surface area contributed by atoms with Gasteiger partial charge in [-0.15, -0.1) is 11.8 Å². The van der Waals surface area contributed by atoms with Crippen LogP contribution < -0.4 is 0 Å². The van der Waals surface area contributed by atoms with Crippen molar-refractivity contribution in [1.29, 1.82) is 0 Å². The zero-order chi connectivity index (χ0) is 15.7. The summed E-state index contributed by atoms with van der Waals surface area (Å²) in [5.74, 6) is -0.938. The Kier molecular flexibility index (Phi) is 4.18. The molecule has 2 aromatic carbocycles. The quantitative estimate of drug-likeness (QED) is 0.650. The van der Waals surface area contributed by atoms with E-state index in [0.29, 0.717) is 27.1 Å². The molecular weight excluding hydrogens is 362 g/mol. The number of para-hydroxylation sites is 1. The van der Waals surface area contributed by atoms with Crippen molar-refractivity contribution < 1.29 is 9.90 Å². The topological polar surface area (TPSA) is 50.2 Å². The van der Waals surface area contributed by atoms with Gasteiger partial charge >= 0.3 is 5.97 Å². The number of fused-ring (bicyclic) bond motifs is 1. The summed E-state index contributed by atoms with van der Waals surface area (Å²) in [6.07, 6.45) is 1.87. The molecule has 0 bridgehead atoms. The van der Waals surface area contributed by atoms with Gasteiger partial charge in [0.05, 0.1) is 16.8 Å². The smallest absolute Gasteiger partial charge is 0.337 e. The number of thioether (sulfide) groups is 1. The standard InChI is InChI=1S/C17H12BrNO2S/c1-22-16-13(17(20)21)11-8-5-9-12(18)15(11)19-14(16)10-6-3-2-4-7-10/h2-9H,1H3,(H,20,21). The Bertz CT molecular complexity index is 865. The van der Waals surface area contributed by atoms with Crippen LogP contribution >= 0.6 is 27.7 Å². The van der Waals surface area contributed by atoms with Crippen LogP contribution in [0.1, 0.15) is 10.4 Å². The average Bonchev–Trinajstić information content (AvgIpc) is 2.54. The normalized spacial score (nSPS) is 10.8. The summed E-state index contributed by atoms with van der Waals surface area (Å²) >= 11 is 4.88. The predicted molar refractivity (Wildman–Crippen MR) is 93.6 cm³/mol. The fourth-order valence-corrected chi connectivity index (χ4v) is 3.65. The van der Waals surface area contributed by atoms with Crippen LogP contribution in [0.25, 0.3) is 22.2 Å². The van der Waals surface area contributed by atoms with Gasteiger partial charge < -0.3 is 5.11 Å². The van der Waals surface area contributed by atoms with Gasteiger partial charge in [-0.3, -0.25) is 0 Å². The van der Waals surface area contributed by atoms with E-state index in [9.17, 15) is 9.90 Å². The highest BCUT2D eigenvalue weighted by Gasteiger charge is 2.21. The van der Waals surface area contributed by atoms with Gasteiger partial charge in [-0.25, -0.2) is 9.78 Å². The molecule has 0 aliphatic carbocycles. The van der Waals surface area contributed by atoms with Gasteiger partial charge in [-0.05, 0) is 28.3 Å². The lowest BCUT2D eigenvalue weighted by molar-refractivity contribution is 0.0695. The highest BCUT2D eigenvalue weighted by atomic mass is 79.9. The van der Waals surface area contributed by atoms with E-state index in [-0.39, 0.29) is 0 Å². The molecule has 0 saturated heterocycles. The maximum absolute atomic E-state index is 11.8. The Morgan fingerprint density at radius 2 is 1.86 bits per heavy atom. The summed E-state index contributed by atoms with van der Waals surface area (Å²) in [5, 5.41) is 10.3. The number of hydrogen-bond donors (Lipinski definition) is 1. The first kappa shape index (κ1) is 15.1. The van der Waals surface area contributed by atoms with Crippen LogP contribution in [0.2, 0.25) is 0 Å². The van der Waals surface area contributed by atoms with Crippen LogP contribution in [0.5, 0.6) is 0 Å². The van der Waals surface area contributed by atoms with Crippen molar-refractivity contribution in [3.63, 3.8) is 0 Å². The molecule has 1 aromatic heterocycles. The number of carboxylic acid groups (broad SMARTS) is 1. The largest absolute Gasteiger partial charge is 0.478 e. The molecule has 110 valence electrons. The van der Waals surface area contributed by atoms with Crippen molar-refractivity contribution in [3.8, 4) is 11.3 Å². The van der Waals surface area contributed by atoms with Crippen molar-refractivity contribution in [3.05, 3.63) is 58.6 Å². The number of rotatable bonds is 3. The molecule has 0 fully saturated rings. The SMILES string of the molecule is CSc1c(-c2ccccc2)nc2c(Br)cccc2c1C(=O)O. The molecule has 0 unspecified atom stereocenters. The highest BCUT2D eigenvalue weighted by Crippen LogP contribution is 2.37. The molecule has 3 nitrogen and oxygen atoms in total. The van der Waals surface area contributed by atoms with Crippen molar-refractivity contribution in [2.45, 2.75) is 4.90 Å². The van der Waals surface area contributed by atoms with Gasteiger partial charge in [0.25, 0.3) is 0 Å². The van der Waals surface area contributed by atoms with Gasteiger partial charge in [0.15, 0.2) is 0 Å². The average molecular weight is 374 g/mol. The zero-order valence-corrected chi connectivity index (χ0v) is 14.1. The molecule has 3 aromatic rings. The van der Waals surface area contributed by atoms with Gasteiger partial charge in [0, 0.05) is 20.3 Å². The minimum Gasteiger partial charge on any atom is -0.478 e. The van der Waals surface area contributed by atoms with Crippen LogP contribution in [0.4, 0.5) is 0 Å². The maximum atomic E-state index is 11.8. The van der Waals surface area contributed by atoms with Crippen LogP contribution in [0.15, 0.2) is 57.9 Å². The number of carbonyl (C=O) groups is 1. The summed E-state index contributed by atoms with van der Waals surface area (Å²) < 4.78 is 0.789. The first-order valence-corrected chi connectivity index (χ1v) is 8.60. The zero-order valence-electron chi connectivity index (χ0n) is 11.7. The number of pyridine rings is 1. The third kappa shape index (κ3) is 2.51. The monoisotopic (exact) mass is 373 g/mol. The minimum absolute atomic E-state index is 0.303. The fourth-order valence-electron chi connectivity index (χ4n) is 2.44. The Morgan fingerprint density at radius 1 is 1.14 bits per heavy atom. The molecule has 0 radical (unpaired) electrons. The number of aromatic carboxylic acids is 1. The molecule has 5 heteroatoms. The van der Waals surface area contributed by atoms with Crippen molar-refractivity contribution in [2.24, 2.45) is 0 Å². The van der Waals surface area contributed by atoms with E-state index in [1.165, 1.54) is 11.8 Å². The summed E-state index contributed by atoms with van der Waals surface area (Å²) in [4.78, 5) is 17.2. The van der Waals surface area contributed by atoms with Gasteiger partial charge in [-0.1, -0.05) is 42.5 Å². The van der Waals surface area contributed by atoms with E-state index >= 15 is 0 Å². The Labute approximate surface area is 140 Å². The second-order valence-electron chi connectivity index (χ2n) is 4.68. The van der Waals surface area contributed by atoms with Crippen LogP contribution in [-0.4, -0.2) is 22.3 Å².